The van der Waals surface area contributed by atoms with Gasteiger partial charge < -0.3 is 5.32 Å². The molecule has 0 atom stereocenters. The van der Waals surface area contributed by atoms with Crippen LogP contribution in [0.5, 0.6) is 0 Å². The van der Waals surface area contributed by atoms with Gasteiger partial charge in [0.1, 0.15) is 0 Å². The van der Waals surface area contributed by atoms with Crippen LogP contribution in [0.3, 0.4) is 0 Å². The molecule has 3 N–H and O–H groups in total. The van der Waals surface area contributed by atoms with E-state index in [9.17, 15) is 13.2 Å². The Morgan fingerprint density at radius 3 is 2.45 bits per heavy atom. The van der Waals surface area contributed by atoms with Crippen molar-refractivity contribution in [3.05, 3.63) is 28.8 Å². The molecule has 5 nitrogen and oxygen atoms in total. The first-order chi connectivity index (χ1) is 9.27. The lowest BCUT2D eigenvalue weighted by molar-refractivity contribution is 0.0952. The van der Waals surface area contributed by atoms with Crippen molar-refractivity contribution in [1.82, 2.24) is 5.32 Å². The molecule has 6 heteroatoms. The molecule has 0 saturated carbocycles. The zero-order valence-electron chi connectivity index (χ0n) is 12.2. The maximum Gasteiger partial charge on any atom is 0.251 e. The van der Waals surface area contributed by atoms with Gasteiger partial charge in [0.05, 0.1) is 4.90 Å². The normalized spacial score (nSPS) is 11.4. The van der Waals surface area contributed by atoms with Crippen molar-refractivity contribution in [2.24, 2.45) is 5.14 Å². The zero-order chi connectivity index (χ0) is 15.3. The van der Waals surface area contributed by atoms with Gasteiger partial charge in [-0.05, 0) is 43.5 Å². The number of nitrogens with two attached hydrogens (primary N) is 1. The summed E-state index contributed by atoms with van der Waals surface area (Å²) < 4.78 is 22.8. The van der Waals surface area contributed by atoms with Crippen molar-refractivity contribution >= 4 is 15.9 Å². The maximum atomic E-state index is 12.1. The number of primary sulfonamides is 1. The number of hydrogen-bond acceptors (Lipinski definition) is 3. The molecule has 0 aliphatic heterocycles. The van der Waals surface area contributed by atoms with Crippen LogP contribution in [-0.2, 0) is 10.0 Å². The van der Waals surface area contributed by atoms with Gasteiger partial charge in [-0.1, -0.05) is 19.8 Å². The van der Waals surface area contributed by atoms with Gasteiger partial charge in [-0.2, -0.15) is 0 Å². The number of carbonyl (C=O) groups is 1. The van der Waals surface area contributed by atoms with Crippen molar-refractivity contribution in [1.29, 1.82) is 0 Å². The van der Waals surface area contributed by atoms with Crippen molar-refractivity contribution < 1.29 is 13.2 Å². The molecular formula is C14H22N2O3S. The van der Waals surface area contributed by atoms with Crippen molar-refractivity contribution in [2.45, 2.75) is 44.9 Å². The third-order valence-electron chi connectivity index (χ3n) is 3.28. The predicted octanol–water partition coefficient (Wildman–Crippen LogP) is 1.87. The van der Waals surface area contributed by atoms with E-state index in [1.54, 1.807) is 13.8 Å². The van der Waals surface area contributed by atoms with Gasteiger partial charge in [-0.25, -0.2) is 13.6 Å². The molecule has 1 aromatic carbocycles. The Morgan fingerprint density at radius 2 is 1.90 bits per heavy atom. The smallest absolute Gasteiger partial charge is 0.251 e. The quantitative estimate of drug-likeness (QED) is 0.786. The highest BCUT2D eigenvalue weighted by Crippen LogP contribution is 2.19. The van der Waals surface area contributed by atoms with Crippen molar-refractivity contribution in [3.63, 3.8) is 0 Å². The zero-order valence-corrected chi connectivity index (χ0v) is 13.0. The Labute approximate surface area is 120 Å². The highest BCUT2D eigenvalue weighted by Gasteiger charge is 2.16. The molecule has 0 radical (unpaired) electrons. The summed E-state index contributed by atoms with van der Waals surface area (Å²) in [5, 5.41) is 7.93. The molecule has 20 heavy (non-hydrogen) atoms. The molecule has 1 rings (SSSR count). The van der Waals surface area contributed by atoms with E-state index in [4.69, 9.17) is 5.14 Å². The van der Waals surface area contributed by atoms with Crippen LogP contribution in [-0.4, -0.2) is 20.9 Å². The average Bonchev–Trinajstić information content (AvgIpc) is 2.36. The molecule has 0 bridgehead atoms. The Bertz CT molecular complexity index is 595. The fourth-order valence-electron chi connectivity index (χ4n) is 1.90. The molecule has 0 aliphatic rings. The summed E-state index contributed by atoms with van der Waals surface area (Å²) in [6, 6.07) is 2.82. The van der Waals surface area contributed by atoms with Gasteiger partial charge in [0.25, 0.3) is 5.91 Å². The van der Waals surface area contributed by atoms with E-state index in [2.05, 4.69) is 12.2 Å². The molecule has 0 aliphatic carbocycles. The number of sulfonamides is 1. The average molecular weight is 298 g/mol. The number of amides is 1. The summed E-state index contributed by atoms with van der Waals surface area (Å²) in [7, 11) is -3.81. The first kappa shape index (κ1) is 16.7. The van der Waals surface area contributed by atoms with Crippen LogP contribution in [0.25, 0.3) is 0 Å². The number of unbranched alkanes of at least 4 members (excludes halogenated alkanes) is 2. The minimum Gasteiger partial charge on any atom is -0.352 e. The van der Waals surface area contributed by atoms with E-state index in [0.717, 1.165) is 30.4 Å². The summed E-state index contributed by atoms with van der Waals surface area (Å²) in [5.74, 6) is -0.257. The second kappa shape index (κ2) is 6.85. The highest BCUT2D eigenvalue weighted by atomic mass is 32.2. The molecule has 0 spiro atoms. The second-order valence-corrected chi connectivity index (χ2v) is 6.48. The van der Waals surface area contributed by atoms with E-state index in [1.165, 1.54) is 12.1 Å². The Hall–Kier alpha value is -1.40. The van der Waals surface area contributed by atoms with E-state index in [0.29, 0.717) is 12.1 Å². The lowest BCUT2D eigenvalue weighted by atomic mass is 10.0. The fourth-order valence-corrected chi connectivity index (χ4v) is 2.52. The van der Waals surface area contributed by atoms with E-state index >= 15 is 0 Å². The van der Waals surface area contributed by atoms with Crippen LogP contribution in [0.15, 0.2) is 17.0 Å². The SMILES string of the molecule is CCCCCNC(=O)c1cc(S(N)(=O)=O)cc(C)c1C. The first-order valence-corrected chi connectivity index (χ1v) is 8.24. The number of aryl methyl sites for hydroxylation is 1. The monoisotopic (exact) mass is 298 g/mol. The maximum absolute atomic E-state index is 12.1. The minimum atomic E-state index is -3.81. The third kappa shape index (κ3) is 4.31. The van der Waals surface area contributed by atoms with Gasteiger partial charge in [0.15, 0.2) is 0 Å². The topological polar surface area (TPSA) is 89.3 Å². The van der Waals surface area contributed by atoms with Crippen LogP contribution >= 0.6 is 0 Å². The van der Waals surface area contributed by atoms with Gasteiger partial charge in [0, 0.05) is 12.1 Å². The van der Waals surface area contributed by atoms with Gasteiger partial charge >= 0.3 is 0 Å². The van der Waals surface area contributed by atoms with Crippen LogP contribution in [0.1, 0.15) is 47.7 Å². The Balaban J connectivity index is 2.99. The van der Waals surface area contributed by atoms with Crippen LogP contribution in [0.4, 0.5) is 0 Å². The summed E-state index contributed by atoms with van der Waals surface area (Å²) in [5.41, 5.74) is 1.87. The first-order valence-electron chi connectivity index (χ1n) is 6.69. The second-order valence-electron chi connectivity index (χ2n) is 4.92. The van der Waals surface area contributed by atoms with Gasteiger partial charge in [0.2, 0.25) is 10.0 Å². The van der Waals surface area contributed by atoms with E-state index in [-0.39, 0.29) is 10.8 Å². The van der Waals surface area contributed by atoms with E-state index in [1.807, 2.05) is 0 Å². The molecule has 1 aromatic rings. The summed E-state index contributed by atoms with van der Waals surface area (Å²) >= 11 is 0. The van der Waals surface area contributed by atoms with Crippen molar-refractivity contribution in [3.8, 4) is 0 Å². The van der Waals surface area contributed by atoms with Crippen LogP contribution in [0, 0.1) is 13.8 Å². The van der Waals surface area contributed by atoms with Gasteiger partial charge in [-0.15, -0.1) is 0 Å². The predicted molar refractivity (Wildman–Crippen MR) is 79.1 cm³/mol. The van der Waals surface area contributed by atoms with E-state index < -0.39 is 10.0 Å². The summed E-state index contributed by atoms with van der Waals surface area (Å²) in [6.07, 6.45) is 3.04. The number of hydrogen-bond donors (Lipinski definition) is 2. The lowest BCUT2D eigenvalue weighted by Crippen LogP contribution is -2.26. The fraction of sp³-hybridized carbons (Fsp3) is 0.500. The standard InChI is InChI=1S/C14H22N2O3S/c1-4-5-6-7-16-14(17)13-9-12(20(15,18)19)8-10(2)11(13)3/h8-9H,4-7H2,1-3H3,(H,16,17)(H2,15,18,19). The molecule has 0 saturated heterocycles. The molecule has 1 amide bonds. The number of nitrogens with one attached hydrogen (secondary N) is 1. The minimum absolute atomic E-state index is 0.0284. The third-order valence-corrected chi connectivity index (χ3v) is 4.17. The molecular weight excluding hydrogens is 276 g/mol. The number of benzene rings is 1. The molecule has 0 fully saturated rings. The Kier molecular flexibility index (Phi) is 5.71. The highest BCUT2D eigenvalue weighted by molar-refractivity contribution is 7.89. The summed E-state index contributed by atoms with van der Waals surface area (Å²) in [4.78, 5) is 12.1. The molecule has 0 unspecified atom stereocenters. The molecule has 112 valence electrons. The van der Waals surface area contributed by atoms with Crippen molar-refractivity contribution in [2.75, 3.05) is 6.54 Å². The van der Waals surface area contributed by atoms with Gasteiger partial charge in [-0.3, -0.25) is 4.79 Å². The lowest BCUT2D eigenvalue weighted by Gasteiger charge is -2.11. The Morgan fingerprint density at radius 1 is 1.25 bits per heavy atom. The molecule has 0 heterocycles. The largest absolute Gasteiger partial charge is 0.352 e. The number of rotatable bonds is 6. The van der Waals surface area contributed by atoms with Crippen LogP contribution < -0.4 is 10.5 Å². The van der Waals surface area contributed by atoms with Crippen LogP contribution in [0.2, 0.25) is 0 Å². The number of carbonyl (C=O) groups excluding carboxylic acids is 1. The molecule has 0 aromatic heterocycles. The summed E-state index contributed by atoms with van der Waals surface area (Å²) in [6.45, 7) is 6.23.